The van der Waals surface area contributed by atoms with E-state index >= 15 is 0 Å². The zero-order chi connectivity index (χ0) is 15.1. The van der Waals surface area contributed by atoms with E-state index in [9.17, 15) is 22.8 Å². The summed E-state index contributed by atoms with van der Waals surface area (Å²) in [5.41, 5.74) is 0. The third-order valence-corrected chi connectivity index (χ3v) is 4.77. The normalized spacial score (nSPS) is 12.3. The Balaban J connectivity index is 3.80. The summed E-state index contributed by atoms with van der Waals surface area (Å²) in [5, 5.41) is 10.3. The lowest BCUT2D eigenvalue weighted by Gasteiger charge is -2.23. The largest absolute Gasteiger partial charge is 0.481 e. The number of carbonyl (C=O) groups is 2. The first kappa shape index (κ1) is 18.4. The Labute approximate surface area is 117 Å². The van der Waals surface area contributed by atoms with E-state index in [0.29, 0.717) is 11.5 Å². The van der Waals surface area contributed by atoms with Gasteiger partial charge in [-0.3, -0.25) is 9.59 Å². The maximum Gasteiger partial charge on any atom is 0.471 e. The van der Waals surface area contributed by atoms with Gasteiger partial charge in [0, 0.05) is 18.1 Å². The quantitative estimate of drug-likeness (QED) is 0.531. The molecule has 112 valence electrons. The number of thioether (sulfide) groups is 2. The highest BCUT2D eigenvalue weighted by atomic mass is 32.2. The van der Waals surface area contributed by atoms with E-state index in [0.717, 1.165) is 0 Å². The van der Waals surface area contributed by atoms with Crippen molar-refractivity contribution in [2.45, 2.75) is 30.5 Å². The molecule has 0 aromatic carbocycles. The molecule has 0 aromatic rings. The molecule has 0 saturated heterocycles. The van der Waals surface area contributed by atoms with Crippen molar-refractivity contribution in [1.29, 1.82) is 0 Å². The summed E-state index contributed by atoms with van der Waals surface area (Å²) in [4.78, 5) is 20.9. The van der Waals surface area contributed by atoms with E-state index in [4.69, 9.17) is 5.11 Å². The van der Waals surface area contributed by atoms with Crippen LogP contribution in [0.15, 0.2) is 0 Å². The fraction of sp³-hybridized carbons (Fsp3) is 0.800. The molecule has 1 amide bonds. The van der Waals surface area contributed by atoms with Gasteiger partial charge in [0.05, 0.1) is 10.5 Å². The van der Waals surface area contributed by atoms with Crippen LogP contribution >= 0.6 is 23.5 Å². The third-order valence-electron chi connectivity index (χ3n) is 1.86. The van der Waals surface area contributed by atoms with Gasteiger partial charge in [0.15, 0.2) is 0 Å². The van der Waals surface area contributed by atoms with E-state index < -0.39 is 18.1 Å². The van der Waals surface area contributed by atoms with E-state index in [2.05, 4.69) is 0 Å². The van der Waals surface area contributed by atoms with Crippen LogP contribution in [0.3, 0.4) is 0 Å². The number of rotatable bonds is 8. The minimum absolute atomic E-state index is 0.0411. The average Bonchev–Trinajstić information content (AvgIpc) is 2.21. The van der Waals surface area contributed by atoms with E-state index in [1.54, 1.807) is 5.32 Å². The molecule has 0 saturated carbocycles. The molecular formula is C10H16F3NO3S2. The van der Waals surface area contributed by atoms with Gasteiger partial charge in [0.2, 0.25) is 0 Å². The van der Waals surface area contributed by atoms with Crippen molar-refractivity contribution in [2.75, 3.05) is 18.1 Å². The summed E-state index contributed by atoms with van der Waals surface area (Å²) in [6.07, 6.45) is -4.81. The van der Waals surface area contributed by atoms with Crippen molar-refractivity contribution < 1.29 is 27.9 Å². The summed E-state index contributed by atoms with van der Waals surface area (Å²) >= 11 is 2.79. The molecule has 0 unspecified atom stereocenters. The fourth-order valence-electron chi connectivity index (χ4n) is 0.987. The Morgan fingerprint density at radius 2 is 1.68 bits per heavy atom. The number of hydrogen-bond acceptors (Lipinski definition) is 4. The molecule has 0 heterocycles. The number of carbonyl (C=O) groups excluding carboxylic acids is 1. The zero-order valence-electron chi connectivity index (χ0n) is 10.5. The lowest BCUT2D eigenvalue weighted by molar-refractivity contribution is -0.173. The van der Waals surface area contributed by atoms with Crippen LogP contribution in [0.5, 0.6) is 0 Å². The van der Waals surface area contributed by atoms with Crippen LogP contribution in [0.25, 0.3) is 0 Å². The molecule has 0 aliphatic carbocycles. The number of nitrogens with one attached hydrogen (secondary N) is 1. The monoisotopic (exact) mass is 319 g/mol. The SMILES string of the molecule is CC(C)(SCCNC(=O)C(F)(F)F)SCCC(=O)O. The molecule has 19 heavy (non-hydrogen) atoms. The smallest absolute Gasteiger partial charge is 0.471 e. The highest BCUT2D eigenvalue weighted by molar-refractivity contribution is 8.18. The van der Waals surface area contributed by atoms with Gasteiger partial charge >= 0.3 is 18.1 Å². The number of aliphatic carboxylic acids is 1. The second kappa shape index (κ2) is 7.88. The van der Waals surface area contributed by atoms with Crippen LogP contribution < -0.4 is 5.32 Å². The van der Waals surface area contributed by atoms with Crippen LogP contribution in [-0.4, -0.2) is 45.3 Å². The molecule has 4 nitrogen and oxygen atoms in total. The van der Waals surface area contributed by atoms with Gasteiger partial charge < -0.3 is 10.4 Å². The zero-order valence-corrected chi connectivity index (χ0v) is 12.2. The van der Waals surface area contributed by atoms with Crippen LogP contribution in [0, 0.1) is 0 Å². The summed E-state index contributed by atoms with van der Waals surface area (Å²) in [6, 6.07) is 0. The van der Waals surface area contributed by atoms with Gasteiger partial charge in [-0.15, -0.1) is 23.5 Å². The van der Waals surface area contributed by atoms with Crippen molar-refractivity contribution in [3.63, 3.8) is 0 Å². The second-order valence-corrected chi connectivity index (χ2v) is 7.69. The van der Waals surface area contributed by atoms with Crippen LogP contribution in [-0.2, 0) is 9.59 Å². The Morgan fingerprint density at radius 3 is 2.16 bits per heavy atom. The fourth-order valence-corrected chi connectivity index (χ4v) is 3.28. The van der Waals surface area contributed by atoms with E-state index in [1.807, 2.05) is 13.8 Å². The Morgan fingerprint density at radius 1 is 1.16 bits per heavy atom. The number of halogens is 3. The maximum absolute atomic E-state index is 11.9. The number of alkyl halides is 3. The summed E-state index contributed by atoms with van der Waals surface area (Å²) in [6.45, 7) is 3.64. The number of carboxylic acid groups (broad SMARTS) is 1. The Hall–Kier alpha value is -0.570. The van der Waals surface area contributed by atoms with Crippen LogP contribution in [0.1, 0.15) is 20.3 Å². The first-order chi connectivity index (χ1) is 8.54. The molecule has 0 aromatic heterocycles. The summed E-state index contributed by atoms with van der Waals surface area (Å²) < 4.78 is 35.3. The third kappa shape index (κ3) is 9.94. The highest BCUT2D eigenvalue weighted by Gasteiger charge is 2.38. The molecule has 0 aliphatic rings. The molecule has 0 rings (SSSR count). The van der Waals surface area contributed by atoms with Crippen LogP contribution in [0.4, 0.5) is 13.2 Å². The van der Waals surface area contributed by atoms with Crippen molar-refractivity contribution in [3.05, 3.63) is 0 Å². The predicted octanol–water partition coefficient (Wildman–Crippen LogP) is 2.34. The second-order valence-electron chi connectivity index (χ2n) is 3.99. The van der Waals surface area contributed by atoms with Crippen molar-refractivity contribution in [1.82, 2.24) is 5.32 Å². The van der Waals surface area contributed by atoms with Crippen molar-refractivity contribution >= 4 is 35.4 Å². The molecule has 0 bridgehead atoms. The van der Waals surface area contributed by atoms with Gasteiger partial charge in [0.1, 0.15) is 0 Å². The van der Waals surface area contributed by atoms with Crippen molar-refractivity contribution in [2.24, 2.45) is 0 Å². The standard InChI is InChI=1S/C10H16F3NO3S2/c1-9(2,18-5-3-7(15)16)19-6-4-14-8(17)10(11,12)13/h3-6H2,1-2H3,(H,14,17)(H,15,16). The molecule has 0 fully saturated rings. The topological polar surface area (TPSA) is 66.4 Å². The van der Waals surface area contributed by atoms with Gasteiger partial charge in [-0.05, 0) is 13.8 Å². The summed E-state index contributed by atoms with van der Waals surface area (Å²) in [5.74, 6) is -2.06. The minimum Gasteiger partial charge on any atom is -0.481 e. The molecule has 0 spiro atoms. The van der Waals surface area contributed by atoms with E-state index in [1.165, 1.54) is 23.5 Å². The Bertz CT molecular complexity index is 322. The first-order valence-electron chi connectivity index (χ1n) is 5.39. The van der Waals surface area contributed by atoms with Gasteiger partial charge in [0.25, 0.3) is 0 Å². The molecule has 0 atom stereocenters. The van der Waals surface area contributed by atoms with Gasteiger partial charge in [-0.25, -0.2) is 0 Å². The highest BCUT2D eigenvalue weighted by Crippen LogP contribution is 2.36. The van der Waals surface area contributed by atoms with Crippen LogP contribution in [0.2, 0.25) is 0 Å². The van der Waals surface area contributed by atoms with Gasteiger partial charge in [-0.1, -0.05) is 0 Å². The maximum atomic E-state index is 11.9. The molecular weight excluding hydrogens is 303 g/mol. The lowest BCUT2D eigenvalue weighted by Crippen LogP contribution is -2.38. The molecule has 0 radical (unpaired) electrons. The number of hydrogen-bond donors (Lipinski definition) is 2. The molecule has 0 aliphatic heterocycles. The predicted molar refractivity (Wildman–Crippen MR) is 70.3 cm³/mol. The molecule has 9 heteroatoms. The lowest BCUT2D eigenvalue weighted by atomic mass is 10.5. The number of amides is 1. The Kier molecular flexibility index (Phi) is 7.65. The first-order valence-corrected chi connectivity index (χ1v) is 7.36. The number of carboxylic acids is 1. The van der Waals surface area contributed by atoms with Crippen molar-refractivity contribution in [3.8, 4) is 0 Å². The minimum atomic E-state index is -4.85. The summed E-state index contributed by atoms with van der Waals surface area (Å²) in [7, 11) is 0. The van der Waals surface area contributed by atoms with Gasteiger partial charge in [-0.2, -0.15) is 13.2 Å². The molecule has 2 N–H and O–H groups in total. The van der Waals surface area contributed by atoms with E-state index in [-0.39, 0.29) is 17.0 Å². The average molecular weight is 319 g/mol.